The molecule has 2 heterocycles. The molecule has 0 aliphatic carbocycles. The lowest BCUT2D eigenvalue weighted by molar-refractivity contribution is -0.117. The fraction of sp³-hybridized carbons (Fsp3) is 0.130. The Balaban J connectivity index is 1.60. The fourth-order valence-electron chi connectivity index (χ4n) is 3.50. The first-order chi connectivity index (χ1) is 15.0. The smallest absolute Gasteiger partial charge is 0.264 e. The molecule has 1 unspecified atom stereocenters. The molecule has 1 N–H and O–H groups in total. The second kappa shape index (κ2) is 8.61. The molecular weight excluding hydrogens is 414 g/mol. The number of fused-ring (bicyclic) bond motifs is 1. The molecule has 1 aromatic heterocycles. The maximum Gasteiger partial charge on any atom is 0.264 e. The highest BCUT2D eigenvalue weighted by Crippen LogP contribution is 2.37. The molecule has 7 nitrogen and oxygen atoms in total. The summed E-state index contributed by atoms with van der Waals surface area (Å²) < 4.78 is 33.8. The molecular formula is C23H21N3O4S. The van der Waals surface area contributed by atoms with E-state index < -0.39 is 10.0 Å². The first-order valence-electron chi connectivity index (χ1n) is 9.72. The van der Waals surface area contributed by atoms with Crippen LogP contribution in [0.3, 0.4) is 0 Å². The first kappa shape index (κ1) is 20.6. The molecule has 3 aromatic rings. The van der Waals surface area contributed by atoms with Gasteiger partial charge in [0.25, 0.3) is 10.0 Å². The number of hydrogen-bond donors (Lipinski definition) is 1. The van der Waals surface area contributed by atoms with Gasteiger partial charge in [-0.25, -0.2) is 13.4 Å². The van der Waals surface area contributed by atoms with Gasteiger partial charge >= 0.3 is 0 Å². The maximum atomic E-state index is 13.4. The fourth-order valence-corrected chi connectivity index (χ4v) is 5.00. The van der Waals surface area contributed by atoms with Gasteiger partial charge in [0.05, 0.1) is 16.6 Å². The highest BCUT2D eigenvalue weighted by Gasteiger charge is 2.33. The topological polar surface area (TPSA) is 88.6 Å². The van der Waals surface area contributed by atoms with Crippen LogP contribution in [0.5, 0.6) is 11.6 Å². The molecule has 8 heteroatoms. The zero-order valence-electron chi connectivity index (χ0n) is 16.6. The zero-order chi connectivity index (χ0) is 21.8. The van der Waals surface area contributed by atoms with Crippen LogP contribution in [0.15, 0.2) is 90.5 Å². The van der Waals surface area contributed by atoms with Gasteiger partial charge in [0.15, 0.2) is 0 Å². The molecule has 0 spiro atoms. The number of benzene rings is 2. The number of aromatic nitrogens is 1. The standard InChI is InChI=1S/C23H21N3O4S/c1-2-22(27)25-20-14-16-26(21-8-4-3-7-19(20)21)31(28,29)18-12-10-17(11-13-18)30-23-9-5-6-15-24-23/h2-13,15,20H,1,14,16H2,(H,25,27). The Kier molecular flexibility index (Phi) is 5.73. The van der Waals surface area contributed by atoms with Crippen LogP contribution in [-0.2, 0) is 14.8 Å². The van der Waals surface area contributed by atoms with Gasteiger partial charge in [0.1, 0.15) is 5.75 Å². The van der Waals surface area contributed by atoms with Gasteiger partial charge in [-0.3, -0.25) is 9.10 Å². The summed E-state index contributed by atoms with van der Waals surface area (Å²) in [5, 5.41) is 2.87. The third-order valence-electron chi connectivity index (χ3n) is 4.98. The van der Waals surface area contributed by atoms with Gasteiger partial charge in [-0.2, -0.15) is 0 Å². The van der Waals surface area contributed by atoms with Gasteiger partial charge in [0.2, 0.25) is 11.8 Å². The lowest BCUT2D eigenvalue weighted by atomic mass is 9.98. The number of nitrogens with zero attached hydrogens (tertiary/aromatic N) is 2. The van der Waals surface area contributed by atoms with E-state index in [1.54, 1.807) is 48.7 Å². The number of para-hydroxylation sites is 1. The van der Waals surface area contributed by atoms with Crippen LogP contribution in [0, 0.1) is 0 Å². The summed E-state index contributed by atoms with van der Waals surface area (Å²) in [6, 6.07) is 18.4. The van der Waals surface area contributed by atoms with Crippen LogP contribution in [0.25, 0.3) is 0 Å². The van der Waals surface area contributed by atoms with Crippen LogP contribution < -0.4 is 14.4 Å². The van der Waals surface area contributed by atoms with Crippen molar-refractivity contribution in [3.63, 3.8) is 0 Å². The van der Waals surface area contributed by atoms with Gasteiger partial charge in [-0.15, -0.1) is 0 Å². The molecule has 1 aliphatic rings. The van der Waals surface area contributed by atoms with E-state index in [2.05, 4.69) is 16.9 Å². The van der Waals surface area contributed by atoms with E-state index in [1.807, 2.05) is 12.1 Å². The number of pyridine rings is 1. The molecule has 158 valence electrons. The Labute approximate surface area is 181 Å². The number of sulfonamides is 1. The molecule has 4 rings (SSSR count). The Morgan fingerprint density at radius 1 is 1.10 bits per heavy atom. The van der Waals surface area contributed by atoms with Crippen molar-refractivity contribution >= 4 is 21.6 Å². The average Bonchev–Trinajstić information content (AvgIpc) is 2.80. The van der Waals surface area contributed by atoms with E-state index in [1.165, 1.54) is 22.5 Å². The van der Waals surface area contributed by atoms with Crippen molar-refractivity contribution in [2.24, 2.45) is 0 Å². The van der Waals surface area contributed by atoms with Crippen LogP contribution >= 0.6 is 0 Å². The van der Waals surface area contributed by atoms with E-state index in [4.69, 9.17) is 4.74 Å². The number of anilines is 1. The molecule has 0 bridgehead atoms. The largest absolute Gasteiger partial charge is 0.439 e. The van der Waals surface area contributed by atoms with Crippen molar-refractivity contribution in [2.45, 2.75) is 17.4 Å². The number of carbonyl (C=O) groups is 1. The summed E-state index contributed by atoms with van der Waals surface area (Å²) in [5.74, 6) is 0.624. The zero-order valence-corrected chi connectivity index (χ0v) is 17.5. The maximum absolute atomic E-state index is 13.4. The number of amides is 1. The number of ether oxygens (including phenoxy) is 1. The predicted molar refractivity (Wildman–Crippen MR) is 117 cm³/mol. The number of carbonyl (C=O) groups excluding carboxylic acids is 1. The third kappa shape index (κ3) is 4.29. The van der Waals surface area contributed by atoms with Crippen molar-refractivity contribution in [3.8, 4) is 11.6 Å². The lowest BCUT2D eigenvalue weighted by Gasteiger charge is -2.35. The van der Waals surface area contributed by atoms with E-state index in [0.717, 1.165) is 5.56 Å². The third-order valence-corrected chi connectivity index (χ3v) is 6.80. The minimum absolute atomic E-state index is 0.157. The molecule has 1 atom stereocenters. The second-order valence-electron chi connectivity index (χ2n) is 6.93. The summed E-state index contributed by atoms with van der Waals surface area (Å²) in [7, 11) is -3.79. The molecule has 0 fully saturated rings. The number of nitrogens with one attached hydrogen (secondary N) is 1. The van der Waals surface area contributed by atoms with E-state index in [-0.39, 0.29) is 23.4 Å². The van der Waals surface area contributed by atoms with Crippen molar-refractivity contribution in [3.05, 3.63) is 91.1 Å². The van der Waals surface area contributed by atoms with Crippen molar-refractivity contribution < 1.29 is 17.9 Å². The first-order valence-corrected chi connectivity index (χ1v) is 11.2. The van der Waals surface area contributed by atoms with Crippen molar-refractivity contribution in [1.29, 1.82) is 0 Å². The van der Waals surface area contributed by atoms with Crippen LogP contribution in [0.2, 0.25) is 0 Å². The predicted octanol–water partition coefficient (Wildman–Crippen LogP) is 3.82. The summed E-state index contributed by atoms with van der Waals surface area (Å²) in [4.78, 5) is 16.0. The minimum atomic E-state index is -3.79. The van der Waals surface area contributed by atoms with Crippen molar-refractivity contribution in [1.82, 2.24) is 10.3 Å². The Morgan fingerprint density at radius 2 is 1.84 bits per heavy atom. The summed E-state index contributed by atoms with van der Waals surface area (Å²) in [6.07, 6.45) is 3.28. The van der Waals surface area contributed by atoms with Crippen LogP contribution in [0.4, 0.5) is 5.69 Å². The van der Waals surface area contributed by atoms with Crippen molar-refractivity contribution in [2.75, 3.05) is 10.8 Å². The molecule has 1 amide bonds. The highest BCUT2D eigenvalue weighted by molar-refractivity contribution is 7.92. The normalized spacial score (nSPS) is 15.6. The highest BCUT2D eigenvalue weighted by atomic mass is 32.2. The Bertz CT molecular complexity index is 1200. The lowest BCUT2D eigenvalue weighted by Crippen LogP contribution is -2.40. The molecule has 0 radical (unpaired) electrons. The quantitative estimate of drug-likeness (QED) is 0.595. The SMILES string of the molecule is C=CC(=O)NC1CCN(S(=O)(=O)c2ccc(Oc3ccccn3)cc2)c2ccccc21. The Hall–Kier alpha value is -3.65. The van der Waals surface area contributed by atoms with E-state index >= 15 is 0 Å². The van der Waals surface area contributed by atoms with E-state index in [9.17, 15) is 13.2 Å². The van der Waals surface area contributed by atoms with Gasteiger partial charge in [-0.1, -0.05) is 30.8 Å². The van der Waals surface area contributed by atoms with Gasteiger partial charge in [0, 0.05) is 18.8 Å². The van der Waals surface area contributed by atoms with Crippen LogP contribution in [0.1, 0.15) is 18.0 Å². The van der Waals surface area contributed by atoms with Gasteiger partial charge in [-0.05, 0) is 54.5 Å². The monoisotopic (exact) mass is 435 g/mol. The molecule has 31 heavy (non-hydrogen) atoms. The van der Waals surface area contributed by atoms with Gasteiger partial charge < -0.3 is 10.1 Å². The average molecular weight is 436 g/mol. The number of rotatable bonds is 6. The second-order valence-corrected chi connectivity index (χ2v) is 8.79. The summed E-state index contributed by atoms with van der Waals surface area (Å²) in [5.41, 5.74) is 1.31. The molecule has 0 saturated carbocycles. The van der Waals surface area contributed by atoms with E-state index in [0.29, 0.717) is 23.7 Å². The van der Waals surface area contributed by atoms with Crippen LogP contribution in [-0.4, -0.2) is 25.9 Å². The summed E-state index contributed by atoms with van der Waals surface area (Å²) in [6.45, 7) is 3.72. The molecule has 0 saturated heterocycles. The Morgan fingerprint density at radius 3 is 2.55 bits per heavy atom. The molecule has 2 aromatic carbocycles. The summed E-state index contributed by atoms with van der Waals surface area (Å²) >= 11 is 0. The minimum Gasteiger partial charge on any atom is -0.439 e. The number of hydrogen-bond acceptors (Lipinski definition) is 5. The molecule has 1 aliphatic heterocycles.